The Morgan fingerprint density at radius 3 is 2.54 bits per heavy atom. The van der Waals surface area contributed by atoms with E-state index in [0.717, 1.165) is 11.8 Å². The van der Waals surface area contributed by atoms with Crippen LogP contribution in [-0.2, 0) is 9.59 Å². The summed E-state index contributed by atoms with van der Waals surface area (Å²) < 4.78 is 5.15. The topological polar surface area (TPSA) is 127 Å². The number of carbonyl (C=O) groups excluding carboxylic acids is 4. The molecule has 28 heavy (non-hydrogen) atoms. The predicted octanol–water partition coefficient (Wildman–Crippen LogP) is 1.49. The van der Waals surface area contributed by atoms with Crippen LogP contribution in [0.25, 0.3) is 0 Å². The van der Waals surface area contributed by atoms with Crippen LogP contribution in [0.1, 0.15) is 22.3 Å². The standard InChI is InChI=1S/C18H14N4O5S/c23-15(9-14-17(25)21-18(26)28-14)27-13-3-1-11(2-4-13)10-20-22-16(24)12-5-7-19-8-6-12/h1-8,10,14H,9H2,(H,22,24)(H,21,25,26)/b20-10+. The molecule has 10 heteroatoms. The summed E-state index contributed by atoms with van der Waals surface area (Å²) in [5.74, 6) is -1.19. The first kappa shape index (κ1) is 19.2. The van der Waals surface area contributed by atoms with Crippen LogP contribution < -0.4 is 15.5 Å². The fourth-order valence-corrected chi connectivity index (χ4v) is 3.01. The van der Waals surface area contributed by atoms with E-state index in [9.17, 15) is 19.2 Å². The maximum absolute atomic E-state index is 11.9. The first-order valence-corrected chi connectivity index (χ1v) is 8.95. The van der Waals surface area contributed by atoms with Gasteiger partial charge in [-0.1, -0.05) is 11.8 Å². The number of thioether (sulfide) groups is 1. The minimum Gasteiger partial charge on any atom is -0.426 e. The van der Waals surface area contributed by atoms with E-state index in [2.05, 4.69) is 20.8 Å². The van der Waals surface area contributed by atoms with Gasteiger partial charge in [0.25, 0.3) is 11.1 Å². The number of benzene rings is 1. The maximum atomic E-state index is 11.9. The summed E-state index contributed by atoms with van der Waals surface area (Å²) in [6.45, 7) is 0. The number of amides is 3. The van der Waals surface area contributed by atoms with Crippen LogP contribution in [0.5, 0.6) is 5.75 Å². The van der Waals surface area contributed by atoms with Crippen molar-refractivity contribution in [2.24, 2.45) is 5.10 Å². The number of nitrogens with one attached hydrogen (secondary N) is 2. The molecule has 3 amide bonds. The lowest BCUT2D eigenvalue weighted by Gasteiger charge is -2.06. The van der Waals surface area contributed by atoms with Crippen LogP contribution in [-0.4, -0.2) is 39.5 Å². The van der Waals surface area contributed by atoms with Crippen molar-refractivity contribution in [3.05, 3.63) is 59.9 Å². The fourth-order valence-electron chi connectivity index (χ4n) is 2.21. The molecule has 2 aromatic rings. The Kier molecular flexibility index (Phi) is 6.12. The van der Waals surface area contributed by atoms with Gasteiger partial charge in [-0.3, -0.25) is 29.5 Å². The highest BCUT2D eigenvalue weighted by atomic mass is 32.2. The van der Waals surface area contributed by atoms with Crippen LogP contribution in [0.3, 0.4) is 0 Å². The summed E-state index contributed by atoms with van der Waals surface area (Å²) in [5.41, 5.74) is 3.50. The highest BCUT2D eigenvalue weighted by molar-refractivity contribution is 8.15. The molecule has 3 rings (SSSR count). The van der Waals surface area contributed by atoms with E-state index in [0.29, 0.717) is 11.1 Å². The van der Waals surface area contributed by atoms with E-state index in [1.807, 2.05) is 0 Å². The molecule has 0 aliphatic carbocycles. The summed E-state index contributed by atoms with van der Waals surface area (Å²) in [5, 5.41) is 4.73. The van der Waals surface area contributed by atoms with E-state index in [1.165, 1.54) is 18.6 Å². The second kappa shape index (κ2) is 8.91. The maximum Gasteiger partial charge on any atom is 0.312 e. The van der Waals surface area contributed by atoms with Crippen molar-refractivity contribution >= 4 is 41.0 Å². The van der Waals surface area contributed by atoms with Gasteiger partial charge in [0.15, 0.2) is 0 Å². The molecular weight excluding hydrogens is 384 g/mol. The van der Waals surface area contributed by atoms with Crippen molar-refractivity contribution in [1.82, 2.24) is 15.7 Å². The number of nitrogens with zero attached hydrogens (tertiary/aromatic N) is 2. The third-order valence-electron chi connectivity index (χ3n) is 3.55. The minimum atomic E-state index is -0.768. The van der Waals surface area contributed by atoms with Crippen molar-refractivity contribution in [1.29, 1.82) is 0 Å². The van der Waals surface area contributed by atoms with Crippen molar-refractivity contribution in [2.75, 3.05) is 0 Å². The highest BCUT2D eigenvalue weighted by Gasteiger charge is 2.33. The van der Waals surface area contributed by atoms with Gasteiger partial charge < -0.3 is 4.74 Å². The molecule has 1 fully saturated rings. The van der Waals surface area contributed by atoms with E-state index in [1.54, 1.807) is 36.4 Å². The summed E-state index contributed by atoms with van der Waals surface area (Å²) in [6.07, 6.45) is 4.25. The molecular formula is C18H14N4O5S. The number of ether oxygens (including phenoxy) is 1. The van der Waals surface area contributed by atoms with Gasteiger partial charge in [-0.05, 0) is 42.0 Å². The largest absolute Gasteiger partial charge is 0.426 e. The molecule has 142 valence electrons. The normalized spacial score (nSPS) is 16.1. The molecule has 1 aliphatic heterocycles. The number of esters is 1. The molecule has 1 saturated heterocycles. The molecule has 1 aromatic heterocycles. The summed E-state index contributed by atoms with van der Waals surface area (Å²) in [4.78, 5) is 50.1. The van der Waals surface area contributed by atoms with Crippen LogP contribution in [0.2, 0.25) is 0 Å². The number of pyridine rings is 1. The van der Waals surface area contributed by atoms with Crippen molar-refractivity contribution in [3.8, 4) is 5.75 Å². The van der Waals surface area contributed by atoms with Gasteiger partial charge in [-0.2, -0.15) is 5.10 Å². The van der Waals surface area contributed by atoms with Gasteiger partial charge in [0, 0.05) is 18.0 Å². The van der Waals surface area contributed by atoms with Crippen LogP contribution in [0.4, 0.5) is 4.79 Å². The van der Waals surface area contributed by atoms with Crippen LogP contribution >= 0.6 is 11.8 Å². The molecule has 1 unspecified atom stereocenters. The lowest BCUT2D eigenvalue weighted by molar-refractivity contribution is -0.135. The van der Waals surface area contributed by atoms with Gasteiger partial charge in [0.05, 0.1) is 12.6 Å². The highest BCUT2D eigenvalue weighted by Crippen LogP contribution is 2.23. The number of imide groups is 1. The number of rotatable bonds is 6. The average Bonchev–Trinajstić information content (AvgIpc) is 3.00. The van der Waals surface area contributed by atoms with E-state index in [-0.39, 0.29) is 18.1 Å². The Balaban J connectivity index is 1.49. The summed E-state index contributed by atoms with van der Waals surface area (Å²) in [6, 6.07) is 9.53. The van der Waals surface area contributed by atoms with Gasteiger partial charge in [0.1, 0.15) is 11.0 Å². The van der Waals surface area contributed by atoms with Gasteiger partial charge >= 0.3 is 5.97 Å². The fraction of sp³-hybridized carbons (Fsp3) is 0.111. The third kappa shape index (κ3) is 5.24. The van der Waals surface area contributed by atoms with E-state index < -0.39 is 22.4 Å². The average molecular weight is 398 g/mol. The smallest absolute Gasteiger partial charge is 0.312 e. The molecule has 0 bridgehead atoms. The summed E-state index contributed by atoms with van der Waals surface area (Å²) in [7, 11) is 0. The molecule has 1 aliphatic rings. The zero-order chi connectivity index (χ0) is 19.9. The zero-order valence-electron chi connectivity index (χ0n) is 14.3. The number of hydrazone groups is 1. The number of hydrogen-bond donors (Lipinski definition) is 2. The van der Waals surface area contributed by atoms with E-state index in [4.69, 9.17) is 4.74 Å². The Morgan fingerprint density at radius 1 is 1.18 bits per heavy atom. The van der Waals surface area contributed by atoms with Crippen molar-refractivity contribution < 1.29 is 23.9 Å². The summed E-state index contributed by atoms with van der Waals surface area (Å²) >= 11 is 0.769. The monoisotopic (exact) mass is 398 g/mol. The first-order chi connectivity index (χ1) is 13.5. The second-order valence-corrected chi connectivity index (χ2v) is 6.74. The quantitative estimate of drug-likeness (QED) is 0.327. The molecule has 1 aromatic carbocycles. The van der Waals surface area contributed by atoms with Crippen molar-refractivity contribution in [2.45, 2.75) is 11.7 Å². The molecule has 2 N–H and O–H groups in total. The molecule has 0 spiro atoms. The zero-order valence-corrected chi connectivity index (χ0v) is 15.1. The Morgan fingerprint density at radius 2 is 1.89 bits per heavy atom. The lowest BCUT2D eigenvalue weighted by Crippen LogP contribution is -2.27. The van der Waals surface area contributed by atoms with Crippen molar-refractivity contribution in [3.63, 3.8) is 0 Å². The molecule has 9 nitrogen and oxygen atoms in total. The molecule has 0 radical (unpaired) electrons. The predicted molar refractivity (Wildman–Crippen MR) is 101 cm³/mol. The Labute approximate surface area is 163 Å². The lowest BCUT2D eigenvalue weighted by atomic mass is 10.2. The number of hydrogen-bond acceptors (Lipinski definition) is 8. The van der Waals surface area contributed by atoms with Crippen LogP contribution in [0, 0.1) is 0 Å². The Hall–Kier alpha value is -3.53. The SMILES string of the molecule is O=C(CC1SC(=O)NC1=O)Oc1ccc(/C=N/NC(=O)c2ccncc2)cc1. The van der Waals surface area contributed by atoms with E-state index >= 15 is 0 Å². The van der Waals surface area contributed by atoms with Gasteiger partial charge in [-0.15, -0.1) is 0 Å². The van der Waals surface area contributed by atoms with Gasteiger partial charge in [0.2, 0.25) is 5.91 Å². The number of carbonyl (C=O) groups is 4. The van der Waals surface area contributed by atoms with Gasteiger partial charge in [-0.25, -0.2) is 5.43 Å². The second-order valence-electron chi connectivity index (χ2n) is 5.57. The molecule has 2 heterocycles. The molecule has 0 saturated carbocycles. The third-order valence-corrected chi connectivity index (χ3v) is 4.53. The Bertz CT molecular complexity index is 931. The number of aromatic nitrogens is 1. The minimum absolute atomic E-state index is 0.202. The first-order valence-electron chi connectivity index (χ1n) is 8.07. The molecule has 1 atom stereocenters. The van der Waals surface area contributed by atoms with Crippen LogP contribution in [0.15, 0.2) is 53.9 Å².